The van der Waals surface area contributed by atoms with Gasteiger partial charge >= 0.3 is 0 Å². The Morgan fingerprint density at radius 3 is 1.44 bits per heavy atom. The van der Waals surface area contributed by atoms with Gasteiger partial charge in [0.2, 0.25) is 0 Å². The molecule has 0 heterocycles. The van der Waals surface area contributed by atoms with E-state index in [-0.39, 0.29) is 0 Å². The van der Waals surface area contributed by atoms with Crippen molar-refractivity contribution >= 4 is 33.7 Å². The topological polar surface area (TPSA) is 9.23 Å². The third-order valence-corrected chi connectivity index (χ3v) is 4.30. The minimum Gasteiger partial charge on any atom is -0.473 e. The molecule has 0 unspecified atom stereocenters. The normalized spacial score (nSPS) is 11.7. The van der Waals surface area contributed by atoms with Crippen molar-refractivity contribution < 1.29 is 4.74 Å². The van der Waals surface area contributed by atoms with Gasteiger partial charge in [0.05, 0.1) is 12.5 Å². The molecule has 0 aliphatic rings. The monoisotopic (exact) mass is 322 g/mol. The predicted molar refractivity (Wildman–Crippen MR) is 107 cm³/mol. The van der Waals surface area contributed by atoms with Crippen LogP contribution in [0.15, 0.2) is 97.5 Å². The zero-order chi connectivity index (χ0) is 16.9. The molecule has 120 valence electrons. The molecule has 0 aromatic heterocycles. The average molecular weight is 322 g/mol. The van der Waals surface area contributed by atoms with E-state index in [0.29, 0.717) is 0 Å². The zero-order valence-electron chi connectivity index (χ0n) is 13.8. The molecule has 0 fully saturated rings. The summed E-state index contributed by atoms with van der Waals surface area (Å²) in [6.45, 7) is 0. The summed E-state index contributed by atoms with van der Waals surface area (Å²) in [6.07, 6.45) is 7.44. The summed E-state index contributed by atoms with van der Waals surface area (Å²) in [5.41, 5.74) is 2.30. The van der Waals surface area contributed by atoms with Crippen molar-refractivity contribution in [3.63, 3.8) is 0 Å². The Balaban J connectivity index is 1.51. The number of benzene rings is 4. The van der Waals surface area contributed by atoms with Crippen LogP contribution < -0.4 is 0 Å². The van der Waals surface area contributed by atoms with E-state index >= 15 is 0 Å². The summed E-state index contributed by atoms with van der Waals surface area (Å²) < 4.78 is 5.58. The molecular weight excluding hydrogens is 304 g/mol. The van der Waals surface area contributed by atoms with Gasteiger partial charge in [-0.3, -0.25) is 0 Å². The van der Waals surface area contributed by atoms with E-state index in [2.05, 4.69) is 84.9 Å². The summed E-state index contributed by atoms with van der Waals surface area (Å²) in [5, 5.41) is 4.91. The maximum atomic E-state index is 5.58. The lowest BCUT2D eigenvalue weighted by atomic mass is 10.0. The van der Waals surface area contributed by atoms with Gasteiger partial charge < -0.3 is 4.74 Å². The summed E-state index contributed by atoms with van der Waals surface area (Å²) in [6, 6.07) is 29.3. The van der Waals surface area contributed by atoms with Crippen molar-refractivity contribution in [3.8, 4) is 0 Å². The van der Waals surface area contributed by atoms with Gasteiger partial charge in [0.1, 0.15) is 0 Å². The van der Waals surface area contributed by atoms with Crippen molar-refractivity contribution in [1.29, 1.82) is 0 Å². The van der Waals surface area contributed by atoms with Gasteiger partial charge in [-0.15, -0.1) is 0 Å². The molecule has 0 spiro atoms. The van der Waals surface area contributed by atoms with Gasteiger partial charge in [0.15, 0.2) is 0 Å². The fourth-order valence-corrected chi connectivity index (χ4v) is 3.06. The highest BCUT2D eigenvalue weighted by molar-refractivity contribution is 5.91. The van der Waals surface area contributed by atoms with Crippen LogP contribution in [0.5, 0.6) is 0 Å². The first-order valence-corrected chi connectivity index (χ1v) is 8.36. The average Bonchev–Trinajstić information content (AvgIpc) is 2.68. The largest absolute Gasteiger partial charge is 0.473 e. The molecule has 25 heavy (non-hydrogen) atoms. The molecule has 0 saturated heterocycles. The fourth-order valence-electron chi connectivity index (χ4n) is 3.06. The van der Waals surface area contributed by atoms with E-state index < -0.39 is 0 Å². The quantitative estimate of drug-likeness (QED) is 0.382. The fraction of sp³-hybridized carbons (Fsp3) is 0. The van der Waals surface area contributed by atoms with Gasteiger partial charge in [-0.1, -0.05) is 84.9 Å². The molecule has 0 bridgehead atoms. The molecule has 0 atom stereocenters. The summed E-state index contributed by atoms with van der Waals surface area (Å²) >= 11 is 0. The van der Waals surface area contributed by atoms with Crippen molar-refractivity contribution in [2.24, 2.45) is 0 Å². The van der Waals surface area contributed by atoms with Crippen LogP contribution in [0.3, 0.4) is 0 Å². The Kier molecular flexibility index (Phi) is 4.30. The third kappa shape index (κ3) is 3.31. The second kappa shape index (κ2) is 7.06. The number of hydrogen-bond acceptors (Lipinski definition) is 1. The SMILES string of the molecule is C(=C/c1cccc2ccccc12)/O/C=C\c1cccc2ccccc12. The van der Waals surface area contributed by atoms with Crippen molar-refractivity contribution in [1.82, 2.24) is 0 Å². The van der Waals surface area contributed by atoms with Crippen LogP contribution in [0.2, 0.25) is 0 Å². The number of ether oxygens (including phenoxy) is 1. The van der Waals surface area contributed by atoms with Crippen LogP contribution in [0.25, 0.3) is 33.7 Å². The standard InChI is InChI=1S/C24H18O/c1-3-13-23-19(7-1)9-5-11-21(23)15-17-25-18-16-22-12-6-10-20-8-2-4-14-24(20)22/h1-18H/b17-15-,18-16-. The van der Waals surface area contributed by atoms with E-state index in [1.165, 1.54) is 21.5 Å². The van der Waals surface area contributed by atoms with Gasteiger partial charge in [-0.25, -0.2) is 0 Å². The lowest BCUT2D eigenvalue weighted by Crippen LogP contribution is -1.79. The van der Waals surface area contributed by atoms with Crippen LogP contribution >= 0.6 is 0 Å². The van der Waals surface area contributed by atoms with Crippen LogP contribution in [0.1, 0.15) is 11.1 Å². The Bertz CT molecular complexity index is 976. The van der Waals surface area contributed by atoms with E-state index in [1.54, 1.807) is 12.5 Å². The summed E-state index contributed by atoms with van der Waals surface area (Å²) in [7, 11) is 0. The van der Waals surface area contributed by atoms with Gasteiger partial charge in [-0.2, -0.15) is 0 Å². The molecular formula is C24H18O. The number of hydrogen-bond donors (Lipinski definition) is 0. The zero-order valence-corrected chi connectivity index (χ0v) is 13.8. The molecule has 0 aliphatic carbocycles. The first-order valence-electron chi connectivity index (χ1n) is 8.36. The van der Waals surface area contributed by atoms with Crippen LogP contribution in [-0.4, -0.2) is 0 Å². The van der Waals surface area contributed by atoms with Crippen molar-refractivity contribution in [2.75, 3.05) is 0 Å². The lowest BCUT2D eigenvalue weighted by Gasteiger charge is -2.02. The minimum atomic E-state index is 1.15. The Morgan fingerprint density at radius 1 is 0.480 bits per heavy atom. The van der Waals surface area contributed by atoms with E-state index in [0.717, 1.165) is 11.1 Å². The third-order valence-electron chi connectivity index (χ3n) is 4.30. The van der Waals surface area contributed by atoms with Crippen molar-refractivity contribution in [3.05, 3.63) is 109 Å². The number of fused-ring (bicyclic) bond motifs is 2. The molecule has 4 rings (SSSR count). The highest BCUT2D eigenvalue weighted by Gasteiger charge is 1.97. The Labute approximate surface area is 147 Å². The van der Waals surface area contributed by atoms with Crippen LogP contribution in [-0.2, 0) is 4.74 Å². The Morgan fingerprint density at radius 2 is 0.920 bits per heavy atom. The van der Waals surface area contributed by atoms with E-state index in [9.17, 15) is 0 Å². The molecule has 0 radical (unpaired) electrons. The van der Waals surface area contributed by atoms with E-state index in [1.807, 2.05) is 12.2 Å². The predicted octanol–water partition coefficient (Wildman–Crippen LogP) is 6.65. The molecule has 4 aromatic carbocycles. The van der Waals surface area contributed by atoms with Crippen LogP contribution in [0, 0.1) is 0 Å². The molecule has 0 aliphatic heterocycles. The highest BCUT2D eigenvalue weighted by Crippen LogP contribution is 2.21. The number of rotatable bonds is 4. The highest BCUT2D eigenvalue weighted by atomic mass is 16.5. The van der Waals surface area contributed by atoms with E-state index in [4.69, 9.17) is 4.74 Å². The molecule has 1 heteroatoms. The molecule has 0 N–H and O–H groups in total. The summed E-state index contributed by atoms with van der Waals surface area (Å²) in [5.74, 6) is 0. The second-order valence-electron chi connectivity index (χ2n) is 5.88. The second-order valence-corrected chi connectivity index (χ2v) is 5.88. The van der Waals surface area contributed by atoms with Gasteiger partial charge in [0.25, 0.3) is 0 Å². The maximum absolute atomic E-state index is 5.58. The Hall–Kier alpha value is -3.32. The van der Waals surface area contributed by atoms with Gasteiger partial charge in [0, 0.05) is 0 Å². The minimum absolute atomic E-state index is 1.15. The molecule has 4 aromatic rings. The first kappa shape index (κ1) is 15.2. The van der Waals surface area contributed by atoms with Crippen LogP contribution in [0.4, 0.5) is 0 Å². The molecule has 0 saturated carbocycles. The summed E-state index contributed by atoms with van der Waals surface area (Å²) in [4.78, 5) is 0. The van der Waals surface area contributed by atoms with Crippen molar-refractivity contribution in [2.45, 2.75) is 0 Å². The smallest absolute Gasteiger partial charge is 0.0907 e. The lowest BCUT2D eigenvalue weighted by molar-refractivity contribution is 0.410. The molecule has 1 nitrogen and oxygen atoms in total. The first-order chi connectivity index (χ1) is 12.4. The maximum Gasteiger partial charge on any atom is 0.0907 e. The van der Waals surface area contributed by atoms with Gasteiger partial charge in [-0.05, 0) is 44.8 Å². The molecule has 0 amide bonds.